The Morgan fingerprint density at radius 1 is 1.12 bits per heavy atom. The molecule has 1 unspecified atom stereocenters. The molecule has 0 bridgehead atoms. The monoisotopic (exact) mass is 671 g/mol. The Bertz CT molecular complexity index is 1400. The van der Waals surface area contributed by atoms with Crippen LogP contribution in [0.5, 0.6) is 0 Å². The number of carboxylic acid groups (broad SMARTS) is 2. The molecule has 3 N–H and O–H groups in total. The Balaban J connectivity index is 0.00000141. The molecule has 8 nitrogen and oxygen atoms in total. The van der Waals surface area contributed by atoms with Gasteiger partial charge in [0.1, 0.15) is 5.82 Å². The Hall–Kier alpha value is -2.59. The SMILES string of the molecule is Cc1c(N2CCCCC2)nc2ccc(Br)cc2c1C(=O)NCC(CCC(=O)O)c1c(Cl)ccc(Cl)c1Cl.O=CO. The van der Waals surface area contributed by atoms with Gasteiger partial charge in [-0.05, 0) is 68.5 Å². The van der Waals surface area contributed by atoms with Crippen molar-refractivity contribution >= 4 is 85.8 Å². The van der Waals surface area contributed by atoms with Crippen molar-refractivity contribution in [2.24, 2.45) is 0 Å². The van der Waals surface area contributed by atoms with Crippen molar-refractivity contribution in [3.63, 3.8) is 0 Å². The molecular weight excluding hydrogens is 645 g/mol. The zero-order chi connectivity index (χ0) is 29.4. The Labute approximate surface area is 255 Å². The second-order valence-electron chi connectivity index (χ2n) is 9.35. The molecule has 1 aliphatic heterocycles. The average molecular weight is 674 g/mol. The molecular formula is C28H29BrCl3N3O5. The largest absolute Gasteiger partial charge is 0.483 e. The third-order valence-corrected chi connectivity index (χ3v) is 8.39. The van der Waals surface area contributed by atoms with Gasteiger partial charge in [0.05, 0.1) is 21.1 Å². The van der Waals surface area contributed by atoms with E-state index in [1.165, 1.54) is 6.42 Å². The lowest BCUT2D eigenvalue weighted by Crippen LogP contribution is -2.33. The standard InChI is InChI=1S/C27H27BrCl3N3O3.CH2O2/c1-15-23(18-13-17(28)6-9-21(18)33-26(15)34-11-3-2-4-12-34)27(37)32-14-16(5-10-22(35)36)24-19(29)7-8-20(30)25(24)31;2-1-3/h6-9,13,16H,2-5,10-12,14H2,1H3,(H,32,37)(H,35,36);1H,(H,2,3). The van der Waals surface area contributed by atoms with Crippen LogP contribution in [-0.4, -0.2) is 53.2 Å². The van der Waals surface area contributed by atoms with E-state index in [0.29, 0.717) is 21.2 Å². The molecule has 3 aromatic rings. The first-order valence-corrected chi connectivity index (χ1v) is 14.6. The molecule has 214 valence electrons. The number of carboxylic acids is 1. The lowest BCUT2D eigenvalue weighted by molar-refractivity contribution is -0.137. The second kappa shape index (κ2) is 14.9. The van der Waals surface area contributed by atoms with Crippen molar-refractivity contribution in [3.05, 3.63) is 66.6 Å². The molecule has 4 rings (SSSR count). The fourth-order valence-electron chi connectivity index (χ4n) is 4.89. The van der Waals surface area contributed by atoms with Crippen molar-refractivity contribution < 1.29 is 24.6 Å². The number of rotatable bonds is 8. The van der Waals surface area contributed by atoms with Gasteiger partial charge < -0.3 is 20.4 Å². The number of anilines is 1. The van der Waals surface area contributed by atoms with Gasteiger partial charge in [-0.25, -0.2) is 4.98 Å². The number of fused-ring (bicyclic) bond motifs is 1. The summed E-state index contributed by atoms with van der Waals surface area (Å²) in [6, 6.07) is 8.94. The number of aliphatic carboxylic acids is 1. The molecule has 0 spiro atoms. The second-order valence-corrected chi connectivity index (χ2v) is 11.5. The van der Waals surface area contributed by atoms with Gasteiger partial charge in [0.25, 0.3) is 12.4 Å². The van der Waals surface area contributed by atoms with Gasteiger partial charge in [0, 0.05) is 52.4 Å². The predicted molar refractivity (Wildman–Crippen MR) is 162 cm³/mol. The highest BCUT2D eigenvalue weighted by Gasteiger charge is 2.25. The lowest BCUT2D eigenvalue weighted by Gasteiger charge is -2.30. The van der Waals surface area contributed by atoms with Gasteiger partial charge in [-0.3, -0.25) is 14.4 Å². The Kier molecular flexibility index (Phi) is 11.9. The molecule has 1 atom stereocenters. The van der Waals surface area contributed by atoms with Crippen LogP contribution in [0.25, 0.3) is 10.9 Å². The average Bonchev–Trinajstić information content (AvgIpc) is 2.92. The van der Waals surface area contributed by atoms with Crippen LogP contribution in [0.2, 0.25) is 15.1 Å². The first-order valence-electron chi connectivity index (χ1n) is 12.6. The number of piperidine rings is 1. The number of hydrogen-bond acceptors (Lipinski definition) is 5. The summed E-state index contributed by atoms with van der Waals surface area (Å²) < 4.78 is 0.845. The maximum Gasteiger partial charge on any atom is 0.303 e. The number of amides is 1. The van der Waals surface area contributed by atoms with Crippen LogP contribution >= 0.6 is 50.7 Å². The smallest absolute Gasteiger partial charge is 0.303 e. The van der Waals surface area contributed by atoms with Crippen LogP contribution in [-0.2, 0) is 9.59 Å². The van der Waals surface area contributed by atoms with E-state index in [2.05, 4.69) is 26.1 Å². The number of nitrogens with one attached hydrogen (secondary N) is 1. The quantitative estimate of drug-likeness (QED) is 0.169. The van der Waals surface area contributed by atoms with E-state index in [-0.39, 0.29) is 36.8 Å². The number of pyridine rings is 1. The summed E-state index contributed by atoms with van der Waals surface area (Å²) in [5.74, 6) is -0.836. The molecule has 1 saturated heterocycles. The van der Waals surface area contributed by atoms with Crippen molar-refractivity contribution in [2.45, 2.75) is 44.9 Å². The van der Waals surface area contributed by atoms with Crippen LogP contribution in [0.1, 0.15) is 59.5 Å². The third kappa shape index (κ3) is 7.78. The topological polar surface area (TPSA) is 120 Å². The summed E-state index contributed by atoms with van der Waals surface area (Å²) in [7, 11) is 0. The molecule has 0 saturated carbocycles. The van der Waals surface area contributed by atoms with Gasteiger partial charge in [0.15, 0.2) is 0 Å². The summed E-state index contributed by atoms with van der Waals surface area (Å²) in [6.45, 7) is 3.63. The number of carbonyl (C=O) groups is 3. The minimum atomic E-state index is -0.947. The van der Waals surface area contributed by atoms with E-state index < -0.39 is 11.9 Å². The lowest BCUT2D eigenvalue weighted by atomic mass is 9.93. The Morgan fingerprint density at radius 3 is 2.42 bits per heavy atom. The summed E-state index contributed by atoms with van der Waals surface area (Å²) in [5.41, 5.74) is 2.63. The van der Waals surface area contributed by atoms with Gasteiger partial charge >= 0.3 is 5.97 Å². The molecule has 40 heavy (non-hydrogen) atoms. The first kappa shape index (κ1) is 31.9. The van der Waals surface area contributed by atoms with Crippen LogP contribution in [0.15, 0.2) is 34.8 Å². The number of nitrogens with zero attached hydrogens (tertiary/aromatic N) is 2. The summed E-state index contributed by atoms with van der Waals surface area (Å²) in [5, 5.41) is 20.9. The predicted octanol–water partition coefficient (Wildman–Crippen LogP) is 7.34. The number of carbonyl (C=O) groups excluding carboxylic acids is 1. The molecule has 2 aromatic carbocycles. The fraction of sp³-hybridized carbons (Fsp3) is 0.357. The summed E-state index contributed by atoms with van der Waals surface area (Å²) in [6.07, 6.45) is 3.50. The van der Waals surface area contributed by atoms with E-state index in [4.69, 9.17) is 49.7 Å². The number of halogens is 4. The van der Waals surface area contributed by atoms with E-state index >= 15 is 0 Å². The summed E-state index contributed by atoms with van der Waals surface area (Å²) >= 11 is 22.7. The van der Waals surface area contributed by atoms with Gasteiger partial charge in [-0.15, -0.1) is 0 Å². The highest BCUT2D eigenvalue weighted by atomic mass is 79.9. The molecule has 12 heteroatoms. The maximum absolute atomic E-state index is 13.8. The molecule has 1 amide bonds. The minimum Gasteiger partial charge on any atom is -0.483 e. The third-order valence-electron chi connectivity index (χ3n) is 6.75. The fourth-order valence-corrected chi connectivity index (χ4v) is 6.10. The number of hydrogen-bond donors (Lipinski definition) is 3. The highest BCUT2D eigenvalue weighted by molar-refractivity contribution is 9.10. The zero-order valence-electron chi connectivity index (χ0n) is 21.7. The van der Waals surface area contributed by atoms with E-state index in [1.54, 1.807) is 12.1 Å². The minimum absolute atomic E-state index is 0.108. The van der Waals surface area contributed by atoms with Crippen LogP contribution in [0, 0.1) is 6.92 Å². The van der Waals surface area contributed by atoms with E-state index in [1.807, 2.05) is 25.1 Å². The highest BCUT2D eigenvalue weighted by Crippen LogP contribution is 2.38. The van der Waals surface area contributed by atoms with Crippen molar-refractivity contribution in [2.75, 3.05) is 24.5 Å². The summed E-state index contributed by atoms with van der Waals surface area (Å²) in [4.78, 5) is 40.6. The number of benzene rings is 2. The normalized spacial score (nSPS) is 13.8. The molecule has 0 aliphatic carbocycles. The molecule has 1 aromatic heterocycles. The van der Waals surface area contributed by atoms with Gasteiger partial charge in [0.2, 0.25) is 0 Å². The van der Waals surface area contributed by atoms with Crippen molar-refractivity contribution in [3.8, 4) is 0 Å². The van der Waals surface area contributed by atoms with Gasteiger partial charge in [-0.2, -0.15) is 0 Å². The first-order chi connectivity index (χ1) is 19.1. The Morgan fingerprint density at radius 2 is 1.77 bits per heavy atom. The van der Waals surface area contributed by atoms with E-state index in [0.717, 1.165) is 52.7 Å². The maximum atomic E-state index is 13.8. The molecule has 2 heterocycles. The van der Waals surface area contributed by atoms with Crippen LogP contribution in [0.4, 0.5) is 5.82 Å². The van der Waals surface area contributed by atoms with Crippen LogP contribution in [0.3, 0.4) is 0 Å². The molecule has 1 aliphatic rings. The zero-order valence-corrected chi connectivity index (χ0v) is 25.6. The molecule has 0 radical (unpaired) electrons. The van der Waals surface area contributed by atoms with Crippen LogP contribution < -0.4 is 10.2 Å². The molecule has 1 fully saturated rings. The number of aromatic nitrogens is 1. The van der Waals surface area contributed by atoms with Crippen molar-refractivity contribution in [1.29, 1.82) is 0 Å². The van der Waals surface area contributed by atoms with Crippen molar-refractivity contribution in [1.82, 2.24) is 10.3 Å². The van der Waals surface area contributed by atoms with Gasteiger partial charge in [-0.1, -0.05) is 50.7 Å². The van der Waals surface area contributed by atoms with E-state index in [9.17, 15) is 14.7 Å².